The number of benzene rings is 1. The number of aliphatic hydroxyl groups excluding tert-OH is 1. The SMILES string of the molecule is CC[C@H]1C[C@]2(C)C[C@@H](O)C[C@H]2[C@@H]2CCc3cc(O)ccc3[C@@H]12. The molecule has 1 aromatic rings. The number of aromatic hydroxyl groups is 1. The van der Waals surface area contributed by atoms with E-state index in [2.05, 4.69) is 19.9 Å². The van der Waals surface area contributed by atoms with Crippen LogP contribution in [-0.2, 0) is 6.42 Å². The lowest BCUT2D eigenvalue weighted by Crippen LogP contribution is -2.44. The van der Waals surface area contributed by atoms with Crippen molar-refractivity contribution in [3.8, 4) is 5.75 Å². The van der Waals surface area contributed by atoms with Gasteiger partial charge in [-0.05, 0) is 84.5 Å². The molecule has 4 rings (SSSR count). The van der Waals surface area contributed by atoms with Crippen molar-refractivity contribution in [2.24, 2.45) is 23.2 Å². The summed E-state index contributed by atoms with van der Waals surface area (Å²) in [6.07, 6.45) is 6.70. The highest BCUT2D eigenvalue weighted by molar-refractivity contribution is 5.40. The number of phenols is 1. The molecule has 0 saturated heterocycles. The third-order valence-electron chi connectivity index (χ3n) is 7.09. The van der Waals surface area contributed by atoms with Crippen LogP contribution in [0.1, 0.15) is 63.0 Å². The number of fused-ring (bicyclic) bond motifs is 5. The Hall–Kier alpha value is -1.02. The van der Waals surface area contributed by atoms with E-state index in [0.717, 1.165) is 31.1 Å². The maximum atomic E-state index is 10.3. The van der Waals surface area contributed by atoms with Crippen molar-refractivity contribution in [3.05, 3.63) is 29.3 Å². The van der Waals surface area contributed by atoms with E-state index in [1.165, 1.54) is 30.4 Å². The quantitative estimate of drug-likeness (QED) is 0.814. The molecule has 2 heteroatoms. The van der Waals surface area contributed by atoms with Gasteiger partial charge in [0.15, 0.2) is 0 Å². The van der Waals surface area contributed by atoms with E-state index in [1.54, 1.807) is 0 Å². The molecule has 3 aliphatic rings. The van der Waals surface area contributed by atoms with Gasteiger partial charge < -0.3 is 10.2 Å². The number of aryl methyl sites for hydroxylation is 1. The van der Waals surface area contributed by atoms with Crippen molar-refractivity contribution in [1.29, 1.82) is 0 Å². The summed E-state index contributed by atoms with van der Waals surface area (Å²) < 4.78 is 0. The molecule has 2 N–H and O–H groups in total. The Bertz CT molecular complexity index is 581. The van der Waals surface area contributed by atoms with Crippen molar-refractivity contribution in [2.75, 3.05) is 0 Å². The van der Waals surface area contributed by atoms with E-state index in [0.29, 0.717) is 23.0 Å². The van der Waals surface area contributed by atoms with Crippen molar-refractivity contribution in [1.82, 2.24) is 0 Å². The van der Waals surface area contributed by atoms with Crippen molar-refractivity contribution >= 4 is 0 Å². The summed E-state index contributed by atoms with van der Waals surface area (Å²) >= 11 is 0. The summed E-state index contributed by atoms with van der Waals surface area (Å²) in [6.45, 7) is 4.75. The van der Waals surface area contributed by atoms with E-state index < -0.39 is 0 Å². The Morgan fingerprint density at radius 3 is 2.86 bits per heavy atom. The van der Waals surface area contributed by atoms with Gasteiger partial charge in [0.05, 0.1) is 6.10 Å². The molecule has 0 amide bonds. The first-order chi connectivity index (χ1) is 10.5. The average Bonchev–Trinajstić information content (AvgIpc) is 2.79. The fraction of sp³-hybridized carbons (Fsp3) is 0.700. The predicted octanol–water partition coefficient (Wildman–Crippen LogP) is 4.25. The molecule has 3 aliphatic carbocycles. The maximum Gasteiger partial charge on any atom is 0.115 e. The highest BCUT2D eigenvalue weighted by Crippen LogP contribution is 2.63. The van der Waals surface area contributed by atoms with E-state index in [-0.39, 0.29) is 6.10 Å². The van der Waals surface area contributed by atoms with Crippen LogP contribution in [0.5, 0.6) is 5.75 Å². The molecule has 2 fully saturated rings. The minimum atomic E-state index is -0.0903. The molecule has 0 spiro atoms. The van der Waals surface area contributed by atoms with Crippen LogP contribution < -0.4 is 0 Å². The minimum Gasteiger partial charge on any atom is -0.508 e. The van der Waals surface area contributed by atoms with Crippen LogP contribution in [0.25, 0.3) is 0 Å². The number of aliphatic hydroxyl groups is 1. The molecular weight excluding hydrogens is 272 g/mol. The van der Waals surface area contributed by atoms with Crippen molar-refractivity contribution in [3.63, 3.8) is 0 Å². The van der Waals surface area contributed by atoms with Crippen LogP contribution >= 0.6 is 0 Å². The molecule has 120 valence electrons. The average molecular weight is 300 g/mol. The molecule has 6 atom stereocenters. The van der Waals surface area contributed by atoms with E-state index in [1.807, 2.05) is 12.1 Å². The lowest BCUT2D eigenvalue weighted by Gasteiger charge is -2.53. The van der Waals surface area contributed by atoms with Gasteiger partial charge in [-0.2, -0.15) is 0 Å². The summed E-state index contributed by atoms with van der Waals surface area (Å²) in [7, 11) is 0. The number of phenolic OH excluding ortho intramolecular Hbond substituents is 1. The zero-order chi connectivity index (χ0) is 15.5. The topological polar surface area (TPSA) is 40.5 Å². The Kier molecular flexibility index (Phi) is 3.30. The first-order valence-corrected chi connectivity index (χ1v) is 9.01. The molecule has 22 heavy (non-hydrogen) atoms. The zero-order valence-corrected chi connectivity index (χ0v) is 13.8. The Balaban J connectivity index is 1.77. The van der Waals surface area contributed by atoms with E-state index in [4.69, 9.17) is 0 Å². The smallest absolute Gasteiger partial charge is 0.115 e. The van der Waals surface area contributed by atoms with Gasteiger partial charge in [-0.3, -0.25) is 0 Å². The van der Waals surface area contributed by atoms with Crippen LogP contribution in [0.15, 0.2) is 18.2 Å². The molecule has 2 nitrogen and oxygen atoms in total. The van der Waals surface area contributed by atoms with Gasteiger partial charge >= 0.3 is 0 Å². The molecule has 1 aromatic carbocycles. The van der Waals surface area contributed by atoms with Crippen LogP contribution in [0.4, 0.5) is 0 Å². The highest BCUT2D eigenvalue weighted by atomic mass is 16.3. The number of hydrogen-bond acceptors (Lipinski definition) is 2. The lowest BCUT2D eigenvalue weighted by atomic mass is 9.52. The molecule has 0 aliphatic heterocycles. The van der Waals surface area contributed by atoms with Gasteiger partial charge in [0.1, 0.15) is 5.75 Å². The molecule has 0 bridgehead atoms. The summed E-state index contributed by atoms with van der Waals surface area (Å²) in [5.74, 6) is 3.16. The molecular formula is C20H28O2. The first kappa shape index (κ1) is 14.6. The van der Waals surface area contributed by atoms with Gasteiger partial charge in [-0.15, -0.1) is 0 Å². The Morgan fingerprint density at radius 2 is 2.09 bits per heavy atom. The van der Waals surface area contributed by atoms with Crippen LogP contribution in [-0.4, -0.2) is 16.3 Å². The third-order valence-corrected chi connectivity index (χ3v) is 7.09. The zero-order valence-electron chi connectivity index (χ0n) is 13.8. The number of rotatable bonds is 1. The van der Waals surface area contributed by atoms with E-state index >= 15 is 0 Å². The largest absolute Gasteiger partial charge is 0.508 e. The molecule has 0 aromatic heterocycles. The summed E-state index contributed by atoms with van der Waals surface area (Å²) in [6, 6.07) is 6.03. The van der Waals surface area contributed by atoms with Crippen LogP contribution in [0.3, 0.4) is 0 Å². The predicted molar refractivity (Wildman–Crippen MR) is 87.9 cm³/mol. The van der Waals surface area contributed by atoms with Crippen molar-refractivity contribution < 1.29 is 10.2 Å². The Morgan fingerprint density at radius 1 is 1.27 bits per heavy atom. The summed E-state index contributed by atoms with van der Waals surface area (Å²) in [5, 5.41) is 20.1. The molecule has 0 heterocycles. The molecule has 0 radical (unpaired) electrons. The summed E-state index contributed by atoms with van der Waals surface area (Å²) in [5.41, 5.74) is 3.20. The second-order valence-corrected chi connectivity index (χ2v) is 8.34. The van der Waals surface area contributed by atoms with Crippen LogP contribution in [0.2, 0.25) is 0 Å². The van der Waals surface area contributed by atoms with Gasteiger partial charge in [-0.1, -0.05) is 26.3 Å². The number of hydrogen-bond donors (Lipinski definition) is 2. The normalized spacial score (nSPS) is 43.3. The van der Waals surface area contributed by atoms with Crippen molar-refractivity contribution in [2.45, 2.75) is 64.4 Å². The van der Waals surface area contributed by atoms with Gasteiger partial charge in [0, 0.05) is 0 Å². The molecule has 0 unspecified atom stereocenters. The Labute approximate surface area is 133 Å². The highest BCUT2D eigenvalue weighted by Gasteiger charge is 2.55. The maximum absolute atomic E-state index is 10.3. The lowest BCUT2D eigenvalue weighted by molar-refractivity contribution is 0.0158. The monoisotopic (exact) mass is 300 g/mol. The van der Waals surface area contributed by atoms with E-state index in [9.17, 15) is 10.2 Å². The standard InChI is InChI=1S/C20H28O2/c1-3-12-10-20(2)11-15(22)9-18(20)17-6-4-13-8-14(21)5-7-16(13)19(12)17/h5,7-8,12,15,17-19,21-22H,3-4,6,9-11H2,1-2H3/t12-,15-,17-,18-,19+,20+/m0/s1. The van der Waals surface area contributed by atoms with Crippen LogP contribution in [0, 0.1) is 23.2 Å². The molecule has 2 saturated carbocycles. The van der Waals surface area contributed by atoms with Gasteiger partial charge in [-0.25, -0.2) is 0 Å². The first-order valence-electron chi connectivity index (χ1n) is 9.01. The fourth-order valence-electron chi connectivity index (χ4n) is 6.32. The van der Waals surface area contributed by atoms with Gasteiger partial charge in [0.2, 0.25) is 0 Å². The van der Waals surface area contributed by atoms with Gasteiger partial charge in [0.25, 0.3) is 0 Å². The third kappa shape index (κ3) is 2.03. The second-order valence-electron chi connectivity index (χ2n) is 8.34. The summed E-state index contributed by atoms with van der Waals surface area (Å²) in [4.78, 5) is 0. The minimum absolute atomic E-state index is 0.0903. The second kappa shape index (κ2) is 4.99. The fourth-order valence-corrected chi connectivity index (χ4v) is 6.32.